The molecule has 0 spiro atoms. The van der Waals surface area contributed by atoms with Gasteiger partial charge in [0, 0.05) is 33.6 Å². The van der Waals surface area contributed by atoms with E-state index in [-0.39, 0.29) is 0 Å². The first-order valence-electron chi connectivity index (χ1n) is 18.0. The number of nitrogens with zero attached hydrogens (tertiary/aromatic N) is 3. The molecule has 3 nitrogen and oxygen atoms in total. The van der Waals surface area contributed by atoms with Gasteiger partial charge >= 0.3 is 0 Å². The van der Waals surface area contributed by atoms with Crippen LogP contribution in [0, 0.1) is 11.3 Å². The maximum Gasteiger partial charge on any atom is 0.0998 e. The van der Waals surface area contributed by atoms with Crippen molar-refractivity contribution in [2.24, 2.45) is 0 Å². The lowest BCUT2D eigenvalue weighted by Crippen LogP contribution is -1.94. The minimum atomic E-state index is 0.693. The molecule has 0 aliphatic heterocycles. The standard InChI is InChI=1S/C50H29N3/c51-30-31-21-27-45-49-33(31)22-24-43-42(26-28-46(50(43)49)53(45)32-12-2-1-3-13-32)48-39-18-8-6-16-37(39)47(38-17-7-9-19-40(38)48)41-25-23-36(44-20-10-11-29-52-44)34-14-4-5-15-35(34)41/h1-29H. The Balaban J connectivity index is 1.25. The largest absolute Gasteiger partial charge is 0.309 e. The van der Waals surface area contributed by atoms with Crippen molar-refractivity contribution in [3.8, 4) is 45.3 Å². The number of fused-ring (bicyclic) bond motifs is 3. The van der Waals surface area contributed by atoms with E-state index < -0.39 is 0 Å². The molecule has 0 atom stereocenters. The third-order valence-corrected chi connectivity index (χ3v) is 11.1. The van der Waals surface area contributed by atoms with Crippen LogP contribution >= 0.6 is 0 Å². The summed E-state index contributed by atoms with van der Waals surface area (Å²) in [6, 6.07) is 63.1. The second-order valence-electron chi connectivity index (χ2n) is 13.7. The van der Waals surface area contributed by atoms with E-state index in [1.807, 2.05) is 24.4 Å². The smallest absolute Gasteiger partial charge is 0.0998 e. The van der Waals surface area contributed by atoms with Crippen molar-refractivity contribution in [1.82, 2.24) is 9.55 Å². The molecule has 3 heteroatoms. The highest BCUT2D eigenvalue weighted by atomic mass is 15.0. The first kappa shape index (κ1) is 29.5. The average Bonchev–Trinajstić information content (AvgIpc) is 3.57. The number of benzene rings is 9. The number of para-hydroxylation sites is 1. The van der Waals surface area contributed by atoms with Crippen molar-refractivity contribution < 1.29 is 0 Å². The fourth-order valence-electron chi connectivity index (χ4n) is 8.90. The Bertz CT molecular complexity index is 3220. The van der Waals surface area contributed by atoms with Gasteiger partial charge in [0.1, 0.15) is 0 Å². The highest BCUT2D eigenvalue weighted by molar-refractivity contribution is 6.31. The van der Waals surface area contributed by atoms with Gasteiger partial charge in [-0.05, 0) is 102 Å². The van der Waals surface area contributed by atoms with Crippen molar-refractivity contribution >= 4 is 64.9 Å². The Morgan fingerprint density at radius 3 is 1.51 bits per heavy atom. The third-order valence-electron chi connectivity index (χ3n) is 11.1. The maximum absolute atomic E-state index is 10.2. The molecule has 9 aromatic carbocycles. The zero-order chi connectivity index (χ0) is 35.0. The van der Waals surface area contributed by atoms with E-state index in [4.69, 9.17) is 4.98 Å². The summed E-state index contributed by atoms with van der Waals surface area (Å²) < 4.78 is 2.34. The number of pyridine rings is 1. The van der Waals surface area contributed by atoms with Crippen LogP contribution in [0.25, 0.3) is 104 Å². The number of hydrogen-bond donors (Lipinski definition) is 0. The van der Waals surface area contributed by atoms with Gasteiger partial charge in [-0.15, -0.1) is 0 Å². The Hall–Kier alpha value is -7.28. The van der Waals surface area contributed by atoms with E-state index in [1.165, 1.54) is 65.3 Å². The van der Waals surface area contributed by atoms with Crippen molar-refractivity contribution in [1.29, 1.82) is 5.26 Å². The van der Waals surface area contributed by atoms with Gasteiger partial charge < -0.3 is 4.57 Å². The van der Waals surface area contributed by atoms with Crippen LogP contribution < -0.4 is 0 Å². The summed E-state index contributed by atoms with van der Waals surface area (Å²) in [5, 5.41) is 21.9. The molecule has 0 aliphatic carbocycles. The molecule has 2 heterocycles. The van der Waals surface area contributed by atoms with E-state index in [0.717, 1.165) is 38.8 Å². The van der Waals surface area contributed by atoms with Gasteiger partial charge in [-0.3, -0.25) is 4.98 Å². The Labute approximate surface area is 305 Å². The summed E-state index contributed by atoms with van der Waals surface area (Å²) in [6.07, 6.45) is 1.86. The molecule has 0 unspecified atom stereocenters. The summed E-state index contributed by atoms with van der Waals surface area (Å²) in [5.41, 5.74) is 11.0. The molecule has 53 heavy (non-hydrogen) atoms. The molecule has 0 bridgehead atoms. The summed E-state index contributed by atoms with van der Waals surface area (Å²) in [5.74, 6) is 0. The lowest BCUT2D eigenvalue weighted by atomic mass is 9.83. The molecular weight excluding hydrogens is 643 g/mol. The zero-order valence-corrected chi connectivity index (χ0v) is 28.6. The third kappa shape index (κ3) is 4.18. The van der Waals surface area contributed by atoms with Crippen LogP contribution in [0.3, 0.4) is 0 Å². The predicted octanol–water partition coefficient (Wildman–Crippen LogP) is 13.1. The van der Waals surface area contributed by atoms with Crippen LogP contribution in [0.15, 0.2) is 176 Å². The van der Waals surface area contributed by atoms with Crippen molar-refractivity contribution in [2.45, 2.75) is 0 Å². The monoisotopic (exact) mass is 671 g/mol. The van der Waals surface area contributed by atoms with Crippen molar-refractivity contribution in [3.05, 3.63) is 182 Å². The summed E-state index contributed by atoms with van der Waals surface area (Å²) >= 11 is 0. The molecule has 11 aromatic rings. The lowest BCUT2D eigenvalue weighted by molar-refractivity contribution is 1.18. The molecule has 0 saturated heterocycles. The number of aromatic nitrogens is 2. The fourth-order valence-corrected chi connectivity index (χ4v) is 8.90. The van der Waals surface area contributed by atoms with E-state index >= 15 is 0 Å². The van der Waals surface area contributed by atoms with Crippen LogP contribution in [-0.4, -0.2) is 9.55 Å². The first-order chi connectivity index (χ1) is 26.3. The molecule has 244 valence electrons. The van der Waals surface area contributed by atoms with Gasteiger partial charge in [-0.1, -0.05) is 127 Å². The van der Waals surface area contributed by atoms with Gasteiger partial charge in [0.25, 0.3) is 0 Å². The van der Waals surface area contributed by atoms with Crippen LogP contribution in [0.5, 0.6) is 0 Å². The van der Waals surface area contributed by atoms with E-state index in [0.29, 0.717) is 5.56 Å². The molecule has 0 saturated carbocycles. The van der Waals surface area contributed by atoms with Crippen molar-refractivity contribution in [3.63, 3.8) is 0 Å². The van der Waals surface area contributed by atoms with Gasteiger partial charge in [-0.25, -0.2) is 0 Å². The van der Waals surface area contributed by atoms with Crippen LogP contribution in [0.4, 0.5) is 0 Å². The molecule has 0 amide bonds. The topological polar surface area (TPSA) is 41.6 Å². The highest BCUT2D eigenvalue weighted by Gasteiger charge is 2.24. The van der Waals surface area contributed by atoms with Crippen LogP contribution in [0.2, 0.25) is 0 Å². The zero-order valence-electron chi connectivity index (χ0n) is 28.6. The van der Waals surface area contributed by atoms with Gasteiger partial charge in [0.2, 0.25) is 0 Å². The lowest BCUT2D eigenvalue weighted by Gasteiger charge is -2.20. The Morgan fingerprint density at radius 2 is 0.887 bits per heavy atom. The maximum atomic E-state index is 10.2. The molecule has 2 aromatic heterocycles. The Kier molecular flexibility index (Phi) is 6.32. The minimum Gasteiger partial charge on any atom is -0.309 e. The minimum absolute atomic E-state index is 0.693. The molecule has 0 radical (unpaired) electrons. The molecule has 0 N–H and O–H groups in total. The summed E-state index contributed by atoms with van der Waals surface area (Å²) in [6.45, 7) is 0. The molecular formula is C50H29N3. The second-order valence-corrected chi connectivity index (χ2v) is 13.7. The van der Waals surface area contributed by atoms with Gasteiger partial charge in [0.05, 0.1) is 28.4 Å². The SMILES string of the molecule is N#Cc1ccc2c3c1ccc1c(-c4c5ccccc5c(-c5ccc(-c6ccccn6)c6ccccc56)c5ccccc45)ccc(c13)n2-c1ccccc1. The first-order valence-corrected chi connectivity index (χ1v) is 18.0. The average molecular weight is 672 g/mol. The van der Waals surface area contributed by atoms with Crippen LogP contribution in [-0.2, 0) is 0 Å². The Morgan fingerprint density at radius 1 is 0.396 bits per heavy atom. The van der Waals surface area contributed by atoms with Crippen LogP contribution in [0.1, 0.15) is 5.56 Å². The quantitative estimate of drug-likeness (QED) is 0.138. The number of hydrogen-bond acceptors (Lipinski definition) is 2. The molecule has 0 fully saturated rings. The fraction of sp³-hybridized carbons (Fsp3) is 0. The summed E-state index contributed by atoms with van der Waals surface area (Å²) in [7, 11) is 0. The summed E-state index contributed by atoms with van der Waals surface area (Å²) in [4.78, 5) is 4.71. The predicted molar refractivity (Wildman–Crippen MR) is 221 cm³/mol. The van der Waals surface area contributed by atoms with E-state index in [1.54, 1.807) is 0 Å². The highest BCUT2D eigenvalue weighted by Crippen LogP contribution is 2.49. The second kappa shape index (κ2) is 11.4. The molecule has 11 rings (SSSR count). The number of nitriles is 1. The number of rotatable bonds is 4. The molecule has 0 aliphatic rings. The van der Waals surface area contributed by atoms with Crippen molar-refractivity contribution in [2.75, 3.05) is 0 Å². The normalized spacial score (nSPS) is 11.8. The van der Waals surface area contributed by atoms with Gasteiger partial charge in [0.15, 0.2) is 0 Å². The van der Waals surface area contributed by atoms with E-state index in [9.17, 15) is 5.26 Å². The van der Waals surface area contributed by atoms with E-state index in [2.05, 4.69) is 162 Å². The van der Waals surface area contributed by atoms with Gasteiger partial charge in [-0.2, -0.15) is 5.26 Å².